The summed E-state index contributed by atoms with van der Waals surface area (Å²) in [4.78, 5) is 24.2. The van der Waals surface area contributed by atoms with Crippen molar-refractivity contribution in [3.63, 3.8) is 0 Å². The molecule has 5 nitrogen and oxygen atoms in total. The third-order valence-corrected chi connectivity index (χ3v) is 3.86. The van der Waals surface area contributed by atoms with Gasteiger partial charge in [0.1, 0.15) is 6.04 Å². The molecule has 0 aliphatic heterocycles. The summed E-state index contributed by atoms with van der Waals surface area (Å²) >= 11 is 0. The van der Waals surface area contributed by atoms with Crippen LogP contribution >= 0.6 is 0 Å². The standard InChI is InChI=1S/C19H23N3O2/c1-19(21,13-15-10-6-3-7-11-15)18(24)22-16(17(20)23)12-14-8-4-2-5-9-14/h2-11,16H,12-13,21H2,1H3,(H2,20,23)(H,22,24)/t16-,19-/m0/s1. The quantitative estimate of drug-likeness (QED) is 0.712. The highest BCUT2D eigenvalue weighted by Crippen LogP contribution is 2.12. The lowest BCUT2D eigenvalue weighted by Crippen LogP contribution is -2.58. The fraction of sp³-hybridized carbons (Fsp3) is 0.263. The maximum Gasteiger partial charge on any atom is 0.240 e. The minimum Gasteiger partial charge on any atom is -0.368 e. The number of primary amides is 1. The van der Waals surface area contributed by atoms with Gasteiger partial charge in [-0.2, -0.15) is 0 Å². The van der Waals surface area contributed by atoms with E-state index in [1.165, 1.54) is 0 Å². The van der Waals surface area contributed by atoms with Crippen molar-refractivity contribution in [2.75, 3.05) is 0 Å². The van der Waals surface area contributed by atoms with Crippen LogP contribution in [0.2, 0.25) is 0 Å². The van der Waals surface area contributed by atoms with E-state index in [0.29, 0.717) is 12.8 Å². The van der Waals surface area contributed by atoms with Crippen molar-refractivity contribution in [2.24, 2.45) is 11.5 Å². The molecule has 126 valence electrons. The number of hydrogen-bond acceptors (Lipinski definition) is 3. The molecule has 2 aromatic rings. The van der Waals surface area contributed by atoms with Gasteiger partial charge in [-0.05, 0) is 24.5 Å². The van der Waals surface area contributed by atoms with E-state index in [4.69, 9.17) is 11.5 Å². The molecule has 5 N–H and O–H groups in total. The van der Waals surface area contributed by atoms with Crippen LogP contribution in [-0.2, 0) is 22.4 Å². The molecule has 0 unspecified atom stereocenters. The van der Waals surface area contributed by atoms with Crippen molar-refractivity contribution in [2.45, 2.75) is 31.3 Å². The van der Waals surface area contributed by atoms with Crippen LogP contribution in [0.15, 0.2) is 60.7 Å². The van der Waals surface area contributed by atoms with Gasteiger partial charge >= 0.3 is 0 Å². The highest BCUT2D eigenvalue weighted by molar-refractivity contribution is 5.91. The zero-order valence-corrected chi connectivity index (χ0v) is 13.7. The molecule has 24 heavy (non-hydrogen) atoms. The highest BCUT2D eigenvalue weighted by atomic mass is 16.2. The van der Waals surface area contributed by atoms with Gasteiger partial charge < -0.3 is 16.8 Å². The van der Waals surface area contributed by atoms with E-state index in [0.717, 1.165) is 11.1 Å². The van der Waals surface area contributed by atoms with Crippen molar-refractivity contribution in [1.29, 1.82) is 0 Å². The minimum atomic E-state index is -1.13. The van der Waals surface area contributed by atoms with Gasteiger partial charge in [-0.15, -0.1) is 0 Å². The topological polar surface area (TPSA) is 98.2 Å². The summed E-state index contributed by atoms with van der Waals surface area (Å²) in [6, 6.07) is 18.1. The number of hydrogen-bond donors (Lipinski definition) is 3. The monoisotopic (exact) mass is 325 g/mol. The Labute approximate surface area is 142 Å². The van der Waals surface area contributed by atoms with Crippen molar-refractivity contribution in [3.8, 4) is 0 Å². The van der Waals surface area contributed by atoms with E-state index in [9.17, 15) is 9.59 Å². The SMILES string of the molecule is C[C@](N)(Cc1ccccc1)C(=O)N[C@@H](Cc1ccccc1)C(N)=O. The first-order chi connectivity index (χ1) is 11.4. The van der Waals surface area contributed by atoms with E-state index in [1.54, 1.807) is 6.92 Å². The number of rotatable bonds is 7. The summed E-state index contributed by atoms with van der Waals surface area (Å²) in [6.45, 7) is 1.65. The molecular formula is C19H23N3O2. The fourth-order valence-electron chi connectivity index (χ4n) is 2.50. The summed E-state index contributed by atoms with van der Waals surface area (Å²) in [5, 5.41) is 2.69. The summed E-state index contributed by atoms with van der Waals surface area (Å²) < 4.78 is 0. The summed E-state index contributed by atoms with van der Waals surface area (Å²) in [5.41, 5.74) is 12.3. The second-order valence-electron chi connectivity index (χ2n) is 6.20. The van der Waals surface area contributed by atoms with Crippen LogP contribution < -0.4 is 16.8 Å². The molecule has 2 rings (SSSR count). The smallest absolute Gasteiger partial charge is 0.240 e. The summed E-state index contributed by atoms with van der Waals surface area (Å²) in [7, 11) is 0. The van der Waals surface area contributed by atoms with E-state index in [2.05, 4.69) is 5.32 Å². The molecule has 0 aliphatic carbocycles. The molecule has 0 spiro atoms. The summed E-state index contributed by atoms with van der Waals surface area (Å²) in [5.74, 6) is -0.978. The summed E-state index contributed by atoms with van der Waals surface area (Å²) in [6.07, 6.45) is 0.708. The molecule has 0 saturated carbocycles. The van der Waals surface area contributed by atoms with Gasteiger partial charge in [0.2, 0.25) is 11.8 Å². The Morgan fingerprint density at radius 1 is 1.00 bits per heavy atom. The first kappa shape index (κ1) is 17.7. The van der Waals surface area contributed by atoms with Gasteiger partial charge in [-0.1, -0.05) is 60.7 Å². The van der Waals surface area contributed by atoms with Crippen LogP contribution in [-0.4, -0.2) is 23.4 Å². The van der Waals surface area contributed by atoms with Crippen LogP contribution in [0.4, 0.5) is 0 Å². The van der Waals surface area contributed by atoms with Crippen molar-refractivity contribution < 1.29 is 9.59 Å². The normalized spacial score (nSPS) is 14.4. The molecule has 5 heteroatoms. The van der Waals surface area contributed by atoms with Gasteiger partial charge in [-0.25, -0.2) is 0 Å². The van der Waals surface area contributed by atoms with E-state index < -0.39 is 23.4 Å². The molecule has 0 aliphatic rings. The Bertz CT molecular complexity index is 684. The zero-order chi connectivity index (χ0) is 17.6. The van der Waals surface area contributed by atoms with Crippen molar-refractivity contribution >= 4 is 11.8 Å². The number of carbonyl (C=O) groups is 2. The molecular weight excluding hydrogens is 302 g/mol. The Balaban J connectivity index is 2.05. The largest absolute Gasteiger partial charge is 0.368 e. The lowest BCUT2D eigenvalue weighted by molar-refractivity contribution is -0.130. The first-order valence-corrected chi connectivity index (χ1v) is 7.85. The Morgan fingerprint density at radius 3 is 2.00 bits per heavy atom. The van der Waals surface area contributed by atoms with Crippen LogP contribution in [0.5, 0.6) is 0 Å². The average molecular weight is 325 g/mol. The van der Waals surface area contributed by atoms with Crippen LogP contribution in [0.25, 0.3) is 0 Å². The zero-order valence-electron chi connectivity index (χ0n) is 13.7. The van der Waals surface area contributed by atoms with Crippen LogP contribution in [0.3, 0.4) is 0 Å². The molecule has 0 radical (unpaired) electrons. The molecule has 0 heterocycles. The molecule has 0 bridgehead atoms. The third kappa shape index (κ3) is 4.93. The molecule has 0 fully saturated rings. The third-order valence-electron chi connectivity index (χ3n) is 3.86. The van der Waals surface area contributed by atoms with Crippen molar-refractivity contribution in [1.82, 2.24) is 5.32 Å². The molecule has 2 aromatic carbocycles. The maximum absolute atomic E-state index is 12.5. The highest BCUT2D eigenvalue weighted by Gasteiger charge is 2.31. The number of nitrogens with one attached hydrogen (secondary N) is 1. The molecule has 2 atom stereocenters. The Kier molecular flexibility index (Phi) is 5.71. The van der Waals surface area contributed by atoms with Gasteiger partial charge in [0.05, 0.1) is 5.54 Å². The lowest BCUT2D eigenvalue weighted by atomic mass is 9.92. The van der Waals surface area contributed by atoms with Gasteiger partial charge in [0, 0.05) is 6.42 Å². The Morgan fingerprint density at radius 2 is 1.50 bits per heavy atom. The average Bonchev–Trinajstić information content (AvgIpc) is 2.55. The Hall–Kier alpha value is -2.66. The van der Waals surface area contributed by atoms with E-state index in [1.807, 2.05) is 60.7 Å². The predicted molar refractivity (Wildman–Crippen MR) is 94.0 cm³/mol. The second-order valence-corrected chi connectivity index (χ2v) is 6.20. The number of nitrogens with two attached hydrogens (primary N) is 2. The van der Waals surface area contributed by atoms with E-state index in [-0.39, 0.29) is 0 Å². The minimum absolute atomic E-state index is 0.337. The van der Waals surface area contributed by atoms with Crippen LogP contribution in [0.1, 0.15) is 18.1 Å². The van der Waals surface area contributed by atoms with Gasteiger partial charge in [-0.3, -0.25) is 9.59 Å². The van der Waals surface area contributed by atoms with Gasteiger partial charge in [0.15, 0.2) is 0 Å². The predicted octanol–water partition coefficient (Wildman–Crippen LogP) is 1.16. The first-order valence-electron chi connectivity index (χ1n) is 7.85. The number of amides is 2. The molecule has 0 aromatic heterocycles. The second kappa shape index (κ2) is 7.75. The molecule has 2 amide bonds. The molecule has 0 saturated heterocycles. The van der Waals surface area contributed by atoms with Crippen molar-refractivity contribution in [3.05, 3.63) is 71.8 Å². The fourth-order valence-corrected chi connectivity index (χ4v) is 2.50. The number of carbonyl (C=O) groups excluding carboxylic acids is 2. The lowest BCUT2D eigenvalue weighted by Gasteiger charge is -2.26. The number of benzene rings is 2. The van der Waals surface area contributed by atoms with Gasteiger partial charge in [0.25, 0.3) is 0 Å². The van der Waals surface area contributed by atoms with E-state index >= 15 is 0 Å². The van der Waals surface area contributed by atoms with Crippen LogP contribution in [0, 0.1) is 0 Å². The maximum atomic E-state index is 12.5.